The average molecular weight is 342 g/mol. The molecule has 1 aliphatic rings. The second kappa shape index (κ2) is 6.31. The Morgan fingerprint density at radius 2 is 1.52 bits per heavy atom. The lowest BCUT2D eigenvalue weighted by Gasteiger charge is -2.37. The van der Waals surface area contributed by atoms with E-state index in [9.17, 15) is 19.5 Å². The van der Waals surface area contributed by atoms with Crippen LogP contribution >= 0.6 is 0 Å². The molecule has 1 N–H and O–H groups in total. The SMILES string of the molecule is COc1ccccc1/C=C/C(O)=C1C(=O)C(C)(C)C(=O)C(C)(C)C1=O. The number of ketones is 3. The average Bonchev–Trinajstić information content (AvgIpc) is 2.58. The van der Waals surface area contributed by atoms with Crippen LogP contribution in [0.1, 0.15) is 33.3 Å². The second-order valence-corrected chi connectivity index (χ2v) is 7.07. The Labute approximate surface area is 147 Å². The summed E-state index contributed by atoms with van der Waals surface area (Å²) in [7, 11) is 1.52. The normalized spacial score (nSPS) is 19.4. The molecule has 0 unspecified atom stereocenters. The summed E-state index contributed by atoms with van der Waals surface area (Å²) in [5, 5.41) is 10.4. The van der Waals surface area contributed by atoms with Crippen LogP contribution in [0.2, 0.25) is 0 Å². The molecule has 1 fully saturated rings. The maximum absolute atomic E-state index is 12.6. The van der Waals surface area contributed by atoms with E-state index in [0.717, 1.165) is 0 Å². The minimum Gasteiger partial charge on any atom is -0.507 e. The standard InChI is InChI=1S/C20H22O5/c1-19(2)16(22)15(17(23)20(3,4)18(19)24)13(21)11-10-12-8-6-7-9-14(12)25-5/h6-11,21H,1-5H3/b11-10+. The number of allylic oxidation sites excluding steroid dienone is 2. The third-order valence-electron chi connectivity index (χ3n) is 4.54. The van der Waals surface area contributed by atoms with Crippen molar-refractivity contribution < 1.29 is 24.2 Å². The van der Waals surface area contributed by atoms with Gasteiger partial charge in [-0.15, -0.1) is 0 Å². The van der Waals surface area contributed by atoms with Gasteiger partial charge < -0.3 is 9.84 Å². The van der Waals surface area contributed by atoms with E-state index >= 15 is 0 Å². The van der Waals surface area contributed by atoms with Gasteiger partial charge in [0, 0.05) is 5.56 Å². The fourth-order valence-electron chi connectivity index (χ4n) is 3.00. The number of benzene rings is 1. The number of carbonyl (C=O) groups is 3. The van der Waals surface area contributed by atoms with Gasteiger partial charge in [-0.1, -0.05) is 18.2 Å². The van der Waals surface area contributed by atoms with Gasteiger partial charge in [0.25, 0.3) is 0 Å². The molecule has 0 radical (unpaired) electrons. The number of aliphatic hydroxyl groups excluding tert-OH is 1. The van der Waals surface area contributed by atoms with Crippen molar-refractivity contribution in [2.75, 3.05) is 7.11 Å². The van der Waals surface area contributed by atoms with E-state index in [2.05, 4.69) is 0 Å². The van der Waals surface area contributed by atoms with Crippen molar-refractivity contribution in [2.45, 2.75) is 27.7 Å². The summed E-state index contributed by atoms with van der Waals surface area (Å²) < 4.78 is 5.22. The van der Waals surface area contributed by atoms with Gasteiger partial charge in [-0.2, -0.15) is 0 Å². The summed E-state index contributed by atoms with van der Waals surface area (Å²) in [5.74, 6) is -1.63. The van der Waals surface area contributed by atoms with Gasteiger partial charge in [0.15, 0.2) is 17.3 Å². The Hall–Kier alpha value is -2.69. The first-order valence-corrected chi connectivity index (χ1v) is 7.94. The Kier molecular flexibility index (Phi) is 4.71. The van der Waals surface area contributed by atoms with Crippen molar-refractivity contribution in [2.24, 2.45) is 10.8 Å². The number of ether oxygens (including phenoxy) is 1. The minimum absolute atomic E-state index is 0.333. The molecule has 132 valence electrons. The maximum atomic E-state index is 12.6. The molecule has 0 spiro atoms. The number of hydrogen-bond donors (Lipinski definition) is 1. The first kappa shape index (κ1) is 18.6. The van der Waals surface area contributed by atoms with Crippen LogP contribution in [-0.4, -0.2) is 29.6 Å². The van der Waals surface area contributed by atoms with Crippen LogP contribution in [0.3, 0.4) is 0 Å². The van der Waals surface area contributed by atoms with E-state index in [4.69, 9.17) is 4.74 Å². The zero-order chi connectivity index (χ0) is 19.0. The van der Waals surface area contributed by atoms with Crippen LogP contribution in [0.25, 0.3) is 6.08 Å². The van der Waals surface area contributed by atoms with Gasteiger partial charge >= 0.3 is 0 Å². The maximum Gasteiger partial charge on any atom is 0.183 e. The molecule has 1 aromatic rings. The number of para-hydroxylation sites is 1. The van der Waals surface area contributed by atoms with E-state index in [-0.39, 0.29) is 5.57 Å². The van der Waals surface area contributed by atoms with E-state index in [1.165, 1.54) is 40.9 Å². The largest absolute Gasteiger partial charge is 0.507 e. The molecule has 0 atom stereocenters. The molecule has 0 amide bonds. The summed E-state index contributed by atoms with van der Waals surface area (Å²) in [6.07, 6.45) is 2.84. The molecule has 0 aromatic heterocycles. The lowest BCUT2D eigenvalue weighted by atomic mass is 9.60. The highest BCUT2D eigenvalue weighted by Gasteiger charge is 2.56. The van der Waals surface area contributed by atoms with Gasteiger partial charge in [-0.3, -0.25) is 14.4 Å². The Morgan fingerprint density at radius 3 is 2.04 bits per heavy atom. The van der Waals surface area contributed by atoms with Gasteiger partial charge in [0.1, 0.15) is 17.1 Å². The molecule has 1 aromatic carbocycles. The molecule has 2 rings (SSSR count). The number of Topliss-reactive ketones (excluding diaryl/α,β-unsaturated/α-hetero) is 3. The topological polar surface area (TPSA) is 80.7 Å². The molecule has 0 aliphatic heterocycles. The van der Waals surface area contributed by atoms with E-state index in [1.807, 2.05) is 0 Å². The van der Waals surface area contributed by atoms with E-state index < -0.39 is 33.9 Å². The lowest BCUT2D eigenvalue weighted by Crippen LogP contribution is -2.54. The molecule has 25 heavy (non-hydrogen) atoms. The predicted octanol–water partition coefficient (Wildman–Crippen LogP) is 3.29. The van der Waals surface area contributed by atoms with Gasteiger partial charge in [-0.05, 0) is 45.9 Å². The van der Waals surface area contributed by atoms with Crippen LogP contribution < -0.4 is 4.74 Å². The highest BCUT2D eigenvalue weighted by molar-refractivity contribution is 6.38. The van der Waals surface area contributed by atoms with Crippen molar-refractivity contribution in [3.63, 3.8) is 0 Å². The molecule has 5 nitrogen and oxygen atoms in total. The van der Waals surface area contributed by atoms with Crippen molar-refractivity contribution in [3.05, 3.63) is 47.2 Å². The van der Waals surface area contributed by atoms with Crippen molar-refractivity contribution in [3.8, 4) is 5.75 Å². The Balaban J connectivity index is 2.52. The number of carbonyl (C=O) groups excluding carboxylic acids is 3. The monoisotopic (exact) mass is 342 g/mol. The Bertz CT molecular complexity index is 777. The van der Waals surface area contributed by atoms with Crippen LogP contribution in [0.4, 0.5) is 0 Å². The first-order valence-electron chi connectivity index (χ1n) is 7.94. The smallest absolute Gasteiger partial charge is 0.183 e. The molecule has 1 aliphatic carbocycles. The molecule has 0 saturated heterocycles. The minimum atomic E-state index is -1.36. The zero-order valence-electron chi connectivity index (χ0n) is 15.0. The predicted molar refractivity (Wildman–Crippen MR) is 94.3 cm³/mol. The van der Waals surface area contributed by atoms with Crippen LogP contribution in [0.15, 0.2) is 41.7 Å². The van der Waals surface area contributed by atoms with Gasteiger partial charge in [-0.25, -0.2) is 0 Å². The highest BCUT2D eigenvalue weighted by atomic mass is 16.5. The Morgan fingerprint density at radius 1 is 1.00 bits per heavy atom. The number of rotatable bonds is 3. The number of methoxy groups -OCH3 is 1. The number of aliphatic hydroxyl groups is 1. The second-order valence-electron chi connectivity index (χ2n) is 7.07. The van der Waals surface area contributed by atoms with Gasteiger partial charge in [0.2, 0.25) is 0 Å². The highest BCUT2D eigenvalue weighted by Crippen LogP contribution is 2.41. The summed E-state index contributed by atoms with van der Waals surface area (Å²) in [4.78, 5) is 37.7. The van der Waals surface area contributed by atoms with Gasteiger partial charge in [0.05, 0.1) is 17.9 Å². The lowest BCUT2D eigenvalue weighted by molar-refractivity contribution is -0.151. The van der Waals surface area contributed by atoms with Crippen molar-refractivity contribution >= 4 is 23.4 Å². The van der Waals surface area contributed by atoms with Crippen molar-refractivity contribution in [1.82, 2.24) is 0 Å². The molecule has 1 saturated carbocycles. The fraction of sp³-hybridized carbons (Fsp3) is 0.350. The third kappa shape index (κ3) is 3.02. The summed E-state index contributed by atoms with van der Waals surface area (Å²) in [6.45, 7) is 5.90. The first-order chi connectivity index (χ1) is 11.5. The van der Waals surface area contributed by atoms with Crippen LogP contribution in [0, 0.1) is 10.8 Å². The van der Waals surface area contributed by atoms with Crippen molar-refractivity contribution in [1.29, 1.82) is 0 Å². The molecule has 0 bridgehead atoms. The summed E-state index contributed by atoms with van der Waals surface area (Å²) >= 11 is 0. The van der Waals surface area contributed by atoms with Crippen LogP contribution in [0.5, 0.6) is 5.75 Å². The number of hydrogen-bond acceptors (Lipinski definition) is 5. The third-order valence-corrected chi connectivity index (χ3v) is 4.54. The van der Waals surface area contributed by atoms with Crippen LogP contribution in [-0.2, 0) is 14.4 Å². The van der Waals surface area contributed by atoms with E-state index in [0.29, 0.717) is 11.3 Å². The quantitative estimate of drug-likeness (QED) is 0.394. The molecular formula is C20H22O5. The molecule has 0 heterocycles. The zero-order valence-corrected chi connectivity index (χ0v) is 15.0. The summed E-state index contributed by atoms with van der Waals surface area (Å²) in [5.41, 5.74) is -2.37. The molecular weight excluding hydrogens is 320 g/mol. The molecule has 5 heteroatoms. The summed E-state index contributed by atoms with van der Waals surface area (Å²) in [6, 6.07) is 7.13. The fourth-order valence-corrected chi connectivity index (χ4v) is 3.00. The van der Waals surface area contributed by atoms with E-state index in [1.54, 1.807) is 30.3 Å².